The zero-order valence-corrected chi connectivity index (χ0v) is 16.2. The Kier molecular flexibility index (Phi) is 4.80. The van der Waals surface area contributed by atoms with Gasteiger partial charge in [0.05, 0.1) is 0 Å². The van der Waals surface area contributed by atoms with E-state index in [0.717, 1.165) is 0 Å². The van der Waals surface area contributed by atoms with Gasteiger partial charge in [-0.3, -0.25) is 4.79 Å². The fourth-order valence-electron chi connectivity index (χ4n) is 3.17. The predicted octanol–water partition coefficient (Wildman–Crippen LogP) is 4.57. The van der Waals surface area contributed by atoms with Gasteiger partial charge in [0, 0.05) is 28.4 Å². The van der Waals surface area contributed by atoms with Crippen LogP contribution in [0, 0.1) is 5.82 Å². The van der Waals surface area contributed by atoms with Gasteiger partial charge in [-0.15, -0.1) is 0 Å². The largest absolute Gasteiger partial charge is 0.486 e. The summed E-state index contributed by atoms with van der Waals surface area (Å²) in [6, 6.07) is 17.9. The molecule has 1 aromatic heterocycles. The van der Waals surface area contributed by atoms with Crippen molar-refractivity contribution in [3.63, 3.8) is 0 Å². The molecule has 3 aromatic carbocycles. The van der Waals surface area contributed by atoms with Crippen molar-refractivity contribution in [2.45, 2.75) is 0 Å². The molecule has 0 fully saturated rings. The standard InChI is InChI=1S/C23H16FN3O4/c24-17-6-4-14(5-7-17)21-26-23(31-27-21)16-3-1-2-15(12-16)22(28)25-18-8-9-19-20(13-18)30-11-10-29-19/h1-9,12-13H,10-11H2,(H,25,28). The third-order valence-electron chi connectivity index (χ3n) is 4.70. The average molecular weight is 417 g/mol. The van der Waals surface area contributed by atoms with Crippen LogP contribution in [-0.2, 0) is 0 Å². The number of benzene rings is 3. The molecule has 0 saturated carbocycles. The van der Waals surface area contributed by atoms with Crippen LogP contribution >= 0.6 is 0 Å². The first kappa shape index (κ1) is 18.8. The van der Waals surface area contributed by atoms with Crippen molar-refractivity contribution in [2.24, 2.45) is 0 Å². The van der Waals surface area contributed by atoms with Gasteiger partial charge in [-0.1, -0.05) is 11.2 Å². The van der Waals surface area contributed by atoms with Crippen molar-refractivity contribution < 1.29 is 23.2 Å². The fraction of sp³-hybridized carbons (Fsp3) is 0.0870. The minimum Gasteiger partial charge on any atom is -0.486 e. The topological polar surface area (TPSA) is 86.5 Å². The van der Waals surface area contributed by atoms with Crippen LogP contribution in [-0.4, -0.2) is 29.3 Å². The molecule has 0 bridgehead atoms. The Hall–Kier alpha value is -4.20. The molecule has 1 aliphatic rings. The Morgan fingerprint density at radius 3 is 2.55 bits per heavy atom. The van der Waals surface area contributed by atoms with Gasteiger partial charge in [0.1, 0.15) is 19.0 Å². The summed E-state index contributed by atoms with van der Waals surface area (Å²) in [4.78, 5) is 17.1. The molecule has 1 N–H and O–H groups in total. The number of halogens is 1. The van der Waals surface area contributed by atoms with E-state index in [2.05, 4.69) is 15.5 Å². The first-order valence-corrected chi connectivity index (χ1v) is 9.57. The second-order valence-electron chi connectivity index (χ2n) is 6.82. The number of carbonyl (C=O) groups excluding carboxylic acids is 1. The van der Waals surface area contributed by atoms with Crippen LogP contribution in [0.25, 0.3) is 22.8 Å². The van der Waals surface area contributed by atoms with E-state index >= 15 is 0 Å². The van der Waals surface area contributed by atoms with Gasteiger partial charge < -0.3 is 19.3 Å². The molecule has 5 rings (SSSR count). The average Bonchev–Trinajstić information content (AvgIpc) is 3.30. The zero-order chi connectivity index (χ0) is 21.2. The smallest absolute Gasteiger partial charge is 0.258 e. The highest BCUT2D eigenvalue weighted by Gasteiger charge is 2.15. The first-order chi connectivity index (χ1) is 15.2. The highest BCUT2D eigenvalue weighted by atomic mass is 19.1. The number of fused-ring (bicyclic) bond motifs is 1. The van der Waals surface area contributed by atoms with Crippen molar-refractivity contribution in [1.29, 1.82) is 0 Å². The SMILES string of the molecule is O=C(Nc1ccc2c(c1)OCCO2)c1cccc(-c2nc(-c3ccc(F)cc3)no2)c1. The van der Waals surface area contributed by atoms with E-state index in [0.29, 0.717) is 52.9 Å². The summed E-state index contributed by atoms with van der Waals surface area (Å²) >= 11 is 0. The van der Waals surface area contributed by atoms with E-state index in [1.165, 1.54) is 12.1 Å². The van der Waals surface area contributed by atoms with E-state index in [-0.39, 0.29) is 17.6 Å². The molecule has 0 aliphatic carbocycles. The van der Waals surface area contributed by atoms with Crippen LogP contribution in [0.4, 0.5) is 10.1 Å². The van der Waals surface area contributed by atoms with Crippen molar-refractivity contribution in [1.82, 2.24) is 10.1 Å². The summed E-state index contributed by atoms with van der Waals surface area (Å²) in [7, 11) is 0. The molecule has 2 heterocycles. The Morgan fingerprint density at radius 2 is 1.71 bits per heavy atom. The van der Waals surface area contributed by atoms with Gasteiger partial charge in [-0.2, -0.15) is 4.98 Å². The van der Waals surface area contributed by atoms with E-state index in [4.69, 9.17) is 14.0 Å². The van der Waals surface area contributed by atoms with Crippen LogP contribution in [0.1, 0.15) is 10.4 Å². The van der Waals surface area contributed by atoms with Crippen molar-refractivity contribution in [2.75, 3.05) is 18.5 Å². The maximum atomic E-state index is 13.1. The van der Waals surface area contributed by atoms with Crippen molar-refractivity contribution in [3.8, 4) is 34.3 Å². The third-order valence-corrected chi connectivity index (χ3v) is 4.70. The minimum atomic E-state index is -0.343. The van der Waals surface area contributed by atoms with Gasteiger partial charge in [0.2, 0.25) is 5.82 Å². The van der Waals surface area contributed by atoms with Crippen molar-refractivity contribution >= 4 is 11.6 Å². The lowest BCUT2D eigenvalue weighted by atomic mass is 10.1. The number of rotatable bonds is 4. The number of nitrogens with one attached hydrogen (secondary N) is 1. The predicted molar refractivity (Wildman–Crippen MR) is 111 cm³/mol. The molecule has 31 heavy (non-hydrogen) atoms. The molecular formula is C23H16FN3O4. The summed E-state index contributed by atoms with van der Waals surface area (Å²) in [6.45, 7) is 0.973. The number of anilines is 1. The lowest BCUT2D eigenvalue weighted by molar-refractivity contribution is 0.102. The van der Waals surface area contributed by atoms with Crippen LogP contribution in [0.15, 0.2) is 71.3 Å². The molecule has 154 valence electrons. The summed E-state index contributed by atoms with van der Waals surface area (Å²) in [6.07, 6.45) is 0. The zero-order valence-electron chi connectivity index (χ0n) is 16.2. The molecule has 1 aliphatic heterocycles. The fourth-order valence-corrected chi connectivity index (χ4v) is 3.17. The van der Waals surface area contributed by atoms with Gasteiger partial charge in [0.25, 0.3) is 11.8 Å². The number of hydrogen-bond donors (Lipinski definition) is 1. The van der Waals surface area contributed by atoms with E-state index < -0.39 is 0 Å². The molecule has 1 amide bonds. The molecule has 0 spiro atoms. The first-order valence-electron chi connectivity index (χ1n) is 9.57. The Morgan fingerprint density at radius 1 is 0.903 bits per heavy atom. The van der Waals surface area contributed by atoms with Gasteiger partial charge in [-0.05, 0) is 54.6 Å². The van der Waals surface area contributed by atoms with Gasteiger partial charge in [-0.25, -0.2) is 4.39 Å². The molecule has 0 radical (unpaired) electrons. The number of aromatic nitrogens is 2. The number of amides is 1. The number of hydrogen-bond acceptors (Lipinski definition) is 6. The number of ether oxygens (including phenoxy) is 2. The normalized spacial score (nSPS) is 12.4. The number of carbonyl (C=O) groups is 1. The molecule has 7 nitrogen and oxygen atoms in total. The van der Waals surface area contributed by atoms with E-state index in [9.17, 15) is 9.18 Å². The molecule has 4 aromatic rings. The summed E-state index contributed by atoms with van der Waals surface area (Å²) in [5.74, 6) is 1.20. The highest BCUT2D eigenvalue weighted by molar-refractivity contribution is 6.05. The summed E-state index contributed by atoms with van der Waals surface area (Å²) in [5, 5.41) is 6.79. The minimum absolute atomic E-state index is 0.258. The lowest BCUT2D eigenvalue weighted by Gasteiger charge is -2.19. The maximum absolute atomic E-state index is 13.1. The summed E-state index contributed by atoms with van der Waals surface area (Å²) < 4.78 is 29.5. The van der Waals surface area contributed by atoms with E-state index in [1.54, 1.807) is 54.6 Å². The van der Waals surface area contributed by atoms with Crippen LogP contribution in [0.2, 0.25) is 0 Å². The highest BCUT2D eigenvalue weighted by Crippen LogP contribution is 2.33. The second kappa shape index (κ2) is 7.91. The molecule has 0 saturated heterocycles. The maximum Gasteiger partial charge on any atom is 0.258 e. The Labute approximate surface area is 176 Å². The quantitative estimate of drug-likeness (QED) is 0.524. The van der Waals surface area contributed by atoms with Crippen LogP contribution in [0.3, 0.4) is 0 Å². The second-order valence-corrected chi connectivity index (χ2v) is 6.82. The van der Waals surface area contributed by atoms with E-state index in [1.807, 2.05) is 0 Å². The molecule has 8 heteroatoms. The lowest BCUT2D eigenvalue weighted by Crippen LogP contribution is -2.16. The molecular weight excluding hydrogens is 401 g/mol. The van der Waals surface area contributed by atoms with Crippen molar-refractivity contribution in [3.05, 3.63) is 78.1 Å². The third kappa shape index (κ3) is 3.95. The van der Waals surface area contributed by atoms with Gasteiger partial charge in [0.15, 0.2) is 11.5 Å². The Bertz CT molecular complexity index is 1250. The number of nitrogens with zero attached hydrogens (tertiary/aromatic N) is 2. The van der Waals surface area contributed by atoms with Crippen LogP contribution in [0.5, 0.6) is 11.5 Å². The monoisotopic (exact) mass is 417 g/mol. The summed E-state index contributed by atoms with van der Waals surface area (Å²) in [5.41, 5.74) is 2.24. The Balaban J connectivity index is 1.35. The molecule has 0 unspecified atom stereocenters. The van der Waals surface area contributed by atoms with Crippen LogP contribution < -0.4 is 14.8 Å². The van der Waals surface area contributed by atoms with Gasteiger partial charge >= 0.3 is 0 Å². The molecule has 0 atom stereocenters.